The third-order valence-corrected chi connectivity index (χ3v) is 4.45. The smallest absolute Gasteiger partial charge is 0.333 e. The van der Waals surface area contributed by atoms with Crippen molar-refractivity contribution in [1.29, 1.82) is 0 Å². The van der Waals surface area contributed by atoms with E-state index < -0.39 is 32.9 Å². The number of fused-ring (bicyclic) bond motifs is 1. The van der Waals surface area contributed by atoms with Crippen molar-refractivity contribution in [3.8, 4) is 0 Å². The van der Waals surface area contributed by atoms with Crippen LogP contribution in [0.3, 0.4) is 0 Å². The van der Waals surface area contributed by atoms with Crippen molar-refractivity contribution in [3.63, 3.8) is 0 Å². The number of hydrogen-bond acceptors (Lipinski definition) is 6. The summed E-state index contributed by atoms with van der Waals surface area (Å²) >= 11 is 0. The van der Waals surface area contributed by atoms with Gasteiger partial charge in [0.2, 0.25) is 0 Å². The van der Waals surface area contributed by atoms with E-state index in [-0.39, 0.29) is 11.2 Å². The van der Waals surface area contributed by atoms with Crippen molar-refractivity contribution in [3.05, 3.63) is 26.7 Å². The van der Waals surface area contributed by atoms with E-state index in [9.17, 15) is 18.0 Å². The Morgan fingerprint density at radius 2 is 1.81 bits per heavy atom. The Balaban J connectivity index is 2.84. The predicted molar refractivity (Wildman–Crippen MR) is 75.7 cm³/mol. The molecule has 0 aromatic carbocycles. The molecule has 116 valence electrons. The number of hydrogen-bond donors (Lipinski definition) is 0. The van der Waals surface area contributed by atoms with Crippen LogP contribution >= 0.6 is 0 Å². The van der Waals surface area contributed by atoms with E-state index in [2.05, 4.69) is 9.72 Å². The van der Waals surface area contributed by atoms with Crippen molar-refractivity contribution in [1.82, 2.24) is 18.7 Å². The molecule has 9 nitrogen and oxygen atoms in total. The maximum atomic E-state index is 12.2. The standard InChI is InChI=1S/C11H16N4O5S/c1-7-12-9-8(13(7)2)10(16)14(3)11(17)15(9)5-21(18,19)6-20-4/h5-6H2,1-4H3. The summed E-state index contributed by atoms with van der Waals surface area (Å²) in [5.41, 5.74) is -1.01. The lowest BCUT2D eigenvalue weighted by atomic mass is 10.5. The van der Waals surface area contributed by atoms with Crippen molar-refractivity contribution < 1.29 is 13.2 Å². The molecule has 0 aliphatic carbocycles. The molecular formula is C11H16N4O5S. The Kier molecular flexibility index (Phi) is 3.76. The van der Waals surface area contributed by atoms with Crippen LogP contribution in [0.1, 0.15) is 5.82 Å². The minimum Gasteiger partial charge on any atom is -0.369 e. The number of sulfone groups is 1. The second-order valence-electron chi connectivity index (χ2n) is 4.74. The van der Waals surface area contributed by atoms with Gasteiger partial charge in [0, 0.05) is 21.2 Å². The van der Waals surface area contributed by atoms with Crippen molar-refractivity contribution in [2.24, 2.45) is 14.1 Å². The zero-order chi connectivity index (χ0) is 15.9. The summed E-state index contributed by atoms with van der Waals surface area (Å²) in [6, 6.07) is 0. The van der Waals surface area contributed by atoms with E-state index in [0.29, 0.717) is 5.82 Å². The topological polar surface area (TPSA) is 105 Å². The van der Waals surface area contributed by atoms with Gasteiger partial charge in [0.05, 0.1) is 0 Å². The molecule has 2 rings (SSSR count). The van der Waals surface area contributed by atoms with Crippen LogP contribution in [0.4, 0.5) is 0 Å². The molecule has 0 radical (unpaired) electrons. The molecule has 0 bridgehead atoms. The molecule has 0 spiro atoms. The number of nitrogens with zero attached hydrogens (tertiary/aromatic N) is 4. The van der Waals surface area contributed by atoms with Crippen LogP contribution < -0.4 is 11.2 Å². The summed E-state index contributed by atoms with van der Waals surface area (Å²) in [4.78, 5) is 28.4. The molecule has 0 unspecified atom stereocenters. The quantitative estimate of drug-likeness (QED) is 0.695. The molecule has 2 aromatic rings. The summed E-state index contributed by atoms with van der Waals surface area (Å²) in [7, 11) is 0.523. The van der Waals surface area contributed by atoms with Gasteiger partial charge >= 0.3 is 5.69 Å². The summed E-state index contributed by atoms with van der Waals surface area (Å²) in [6.07, 6.45) is 0. The molecule has 0 saturated carbocycles. The number of ether oxygens (including phenoxy) is 1. The first-order valence-electron chi connectivity index (χ1n) is 6.02. The number of rotatable bonds is 4. The summed E-state index contributed by atoms with van der Waals surface area (Å²) in [6.45, 7) is 1.66. The third kappa shape index (κ3) is 2.51. The lowest BCUT2D eigenvalue weighted by Crippen LogP contribution is -2.40. The van der Waals surface area contributed by atoms with E-state index in [1.165, 1.54) is 18.7 Å². The number of aryl methyl sites for hydroxylation is 2. The van der Waals surface area contributed by atoms with Crippen LogP contribution in [0.25, 0.3) is 11.2 Å². The molecule has 0 saturated heterocycles. The van der Waals surface area contributed by atoms with Gasteiger partial charge in [-0.1, -0.05) is 0 Å². The number of methoxy groups -OCH3 is 1. The highest BCUT2D eigenvalue weighted by Crippen LogP contribution is 2.10. The molecule has 0 fully saturated rings. The highest BCUT2D eigenvalue weighted by atomic mass is 32.2. The molecule has 10 heteroatoms. The monoisotopic (exact) mass is 316 g/mol. The van der Waals surface area contributed by atoms with E-state index in [1.54, 1.807) is 14.0 Å². The van der Waals surface area contributed by atoms with Crippen LogP contribution in [-0.2, 0) is 34.5 Å². The lowest BCUT2D eigenvalue weighted by molar-refractivity contribution is 0.249. The average Bonchev–Trinajstić information content (AvgIpc) is 2.68. The van der Waals surface area contributed by atoms with Gasteiger partial charge in [0.1, 0.15) is 17.6 Å². The Labute approximate surface area is 120 Å². The van der Waals surface area contributed by atoms with Gasteiger partial charge in [0.25, 0.3) is 5.56 Å². The average molecular weight is 316 g/mol. The fraction of sp³-hybridized carbons (Fsp3) is 0.545. The Morgan fingerprint density at radius 3 is 2.38 bits per heavy atom. The maximum absolute atomic E-state index is 12.2. The second kappa shape index (κ2) is 5.11. The minimum absolute atomic E-state index is 0.0581. The molecule has 21 heavy (non-hydrogen) atoms. The van der Waals surface area contributed by atoms with Crippen molar-refractivity contribution >= 4 is 21.0 Å². The largest absolute Gasteiger partial charge is 0.369 e. The number of imidazole rings is 1. The second-order valence-corrected chi connectivity index (χ2v) is 6.73. The van der Waals surface area contributed by atoms with E-state index in [1.807, 2.05) is 0 Å². The third-order valence-electron chi connectivity index (χ3n) is 3.20. The van der Waals surface area contributed by atoms with E-state index in [4.69, 9.17) is 0 Å². The van der Waals surface area contributed by atoms with Gasteiger partial charge in [-0.3, -0.25) is 13.9 Å². The molecule has 0 atom stereocenters. The van der Waals surface area contributed by atoms with Gasteiger partial charge in [-0.05, 0) is 6.92 Å². The minimum atomic E-state index is -3.66. The zero-order valence-electron chi connectivity index (χ0n) is 12.2. The first-order valence-corrected chi connectivity index (χ1v) is 7.84. The zero-order valence-corrected chi connectivity index (χ0v) is 13.0. The van der Waals surface area contributed by atoms with Gasteiger partial charge in [-0.2, -0.15) is 0 Å². The van der Waals surface area contributed by atoms with Gasteiger partial charge in [-0.25, -0.2) is 18.2 Å². The van der Waals surface area contributed by atoms with E-state index >= 15 is 0 Å². The number of aromatic nitrogens is 4. The summed E-state index contributed by atoms with van der Waals surface area (Å²) < 4.78 is 31.7. The van der Waals surface area contributed by atoms with Gasteiger partial charge in [0.15, 0.2) is 21.0 Å². The van der Waals surface area contributed by atoms with Crippen LogP contribution in [0.15, 0.2) is 9.59 Å². The highest BCUT2D eigenvalue weighted by Gasteiger charge is 2.21. The van der Waals surface area contributed by atoms with Gasteiger partial charge in [-0.15, -0.1) is 0 Å². The normalized spacial score (nSPS) is 12.2. The Bertz CT molecular complexity index is 919. The molecular weight excluding hydrogens is 300 g/mol. The van der Waals surface area contributed by atoms with Gasteiger partial charge < -0.3 is 9.30 Å². The SMILES string of the molecule is COCS(=O)(=O)Cn1c(=O)n(C)c(=O)c2c1nc(C)n2C. The Morgan fingerprint density at radius 1 is 1.19 bits per heavy atom. The summed E-state index contributed by atoms with van der Waals surface area (Å²) in [5, 5.41) is 0. The molecule has 2 aromatic heterocycles. The Hall–Kier alpha value is -1.94. The highest BCUT2D eigenvalue weighted by molar-refractivity contribution is 7.90. The predicted octanol–water partition coefficient (Wildman–Crippen LogP) is -1.28. The molecule has 2 heterocycles. The van der Waals surface area contributed by atoms with Crippen molar-refractivity contribution in [2.45, 2.75) is 12.8 Å². The molecule has 0 aliphatic heterocycles. The summed E-state index contributed by atoms with van der Waals surface area (Å²) in [5.74, 6) is -0.610. The van der Waals surface area contributed by atoms with Crippen LogP contribution in [0, 0.1) is 6.92 Å². The van der Waals surface area contributed by atoms with Crippen LogP contribution in [0.5, 0.6) is 0 Å². The molecule has 0 N–H and O–H groups in total. The lowest BCUT2D eigenvalue weighted by Gasteiger charge is -2.09. The maximum Gasteiger partial charge on any atom is 0.333 e. The fourth-order valence-corrected chi connectivity index (χ4v) is 3.13. The van der Waals surface area contributed by atoms with E-state index in [0.717, 1.165) is 9.13 Å². The first kappa shape index (κ1) is 15.4. The molecule has 0 aliphatic rings. The first-order chi connectivity index (χ1) is 9.69. The fourth-order valence-electron chi connectivity index (χ4n) is 2.07. The van der Waals surface area contributed by atoms with Crippen molar-refractivity contribution in [2.75, 3.05) is 13.0 Å². The van der Waals surface area contributed by atoms with Crippen LogP contribution in [-0.4, -0.2) is 40.2 Å². The molecule has 0 amide bonds. The van der Waals surface area contributed by atoms with Crippen LogP contribution in [0.2, 0.25) is 0 Å².